The number of ether oxygens (including phenoxy) is 1. The Balaban J connectivity index is 2.19. The Morgan fingerprint density at radius 1 is 1.24 bits per heavy atom. The molecule has 0 saturated carbocycles. The molecular formula is C13H13N3O. The zero-order chi connectivity index (χ0) is 12.1. The molecule has 0 atom stereocenters. The Hall–Kier alpha value is -2.49. The third-order valence-corrected chi connectivity index (χ3v) is 2.16. The first-order chi connectivity index (χ1) is 8.25. The van der Waals surface area contributed by atoms with Gasteiger partial charge in [-0.2, -0.15) is 5.10 Å². The Labute approximate surface area is 99.8 Å². The van der Waals surface area contributed by atoms with Crippen molar-refractivity contribution in [3.05, 3.63) is 60.5 Å². The van der Waals surface area contributed by atoms with E-state index in [0.29, 0.717) is 17.2 Å². The number of nitrogens with one attached hydrogen (secondary N) is 1. The van der Waals surface area contributed by atoms with E-state index in [0.717, 1.165) is 5.57 Å². The van der Waals surface area contributed by atoms with Gasteiger partial charge in [0.15, 0.2) is 0 Å². The number of nitrogens with zero attached hydrogens (tertiary/aromatic N) is 1. The second kappa shape index (κ2) is 5.03. The maximum Gasteiger partial charge on any atom is 0.135 e. The fraction of sp³-hybridized carbons (Fsp3) is 0. The first-order valence-corrected chi connectivity index (χ1v) is 5.14. The summed E-state index contributed by atoms with van der Waals surface area (Å²) in [7, 11) is 0. The predicted molar refractivity (Wildman–Crippen MR) is 69.5 cm³/mol. The van der Waals surface area contributed by atoms with Gasteiger partial charge in [0, 0.05) is 23.5 Å². The van der Waals surface area contributed by atoms with E-state index in [-0.39, 0.29) is 0 Å². The van der Waals surface area contributed by atoms with Crippen LogP contribution in [0.25, 0.3) is 0 Å². The average molecular weight is 227 g/mol. The second-order valence-corrected chi connectivity index (χ2v) is 3.47. The molecule has 1 aromatic carbocycles. The standard InChI is InChI=1S/C13H13N3O/c1-10-6-8-15-16-9-7-13(10)17-12-4-2-11(14)3-5-12/h2-9,15H,1,14H2/b8-6-,13-7+,16-9-. The summed E-state index contributed by atoms with van der Waals surface area (Å²) in [5.41, 5.74) is 9.79. The first kappa shape index (κ1) is 11.0. The summed E-state index contributed by atoms with van der Waals surface area (Å²) in [6.07, 6.45) is 6.84. The van der Waals surface area contributed by atoms with E-state index in [1.807, 2.05) is 0 Å². The van der Waals surface area contributed by atoms with Crippen LogP contribution in [0.1, 0.15) is 0 Å². The largest absolute Gasteiger partial charge is 0.457 e. The fourth-order valence-corrected chi connectivity index (χ4v) is 1.28. The third kappa shape index (κ3) is 2.98. The minimum absolute atomic E-state index is 0.649. The molecule has 0 unspecified atom stereocenters. The van der Waals surface area contributed by atoms with Crippen LogP contribution in [0.3, 0.4) is 0 Å². The van der Waals surface area contributed by atoms with E-state index in [1.165, 1.54) is 0 Å². The number of allylic oxidation sites excluding steroid dienone is 2. The second-order valence-electron chi connectivity index (χ2n) is 3.47. The van der Waals surface area contributed by atoms with Gasteiger partial charge in [-0.15, -0.1) is 0 Å². The van der Waals surface area contributed by atoms with Gasteiger partial charge in [-0.3, -0.25) is 5.43 Å². The Kier molecular flexibility index (Phi) is 3.25. The Bertz CT molecular complexity index is 498. The number of hydrazone groups is 1. The van der Waals surface area contributed by atoms with Gasteiger partial charge in [0.25, 0.3) is 0 Å². The highest BCUT2D eigenvalue weighted by Crippen LogP contribution is 2.19. The zero-order valence-corrected chi connectivity index (χ0v) is 9.26. The molecule has 1 aliphatic rings. The lowest BCUT2D eigenvalue weighted by atomic mass is 10.2. The summed E-state index contributed by atoms with van der Waals surface area (Å²) in [5.74, 6) is 1.36. The van der Waals surface area contributed by atoms with Gasteiger partial charge < -0.3 is 10.5 Å². The van der Waals surface area contributed by atoms with E-state index >= 15 is 0 Å². The molecular weight excluding hydrogens is 214 g/mol. The third-order valence-electron chi connectivity index (χ3n) is 2.16. The molecule has 0 fully saturated rings. The molecule has 2 rings (SSSR count). The summed E-state index contributed by atoms with van der Waals surface area (Å²) < 4.78 is 5.69. The highest BCUT2D eigenvalue weighted by atomic mass is 16.5. The Morgan fingerprint density at radius 2 is 2.00 bits per heavy atom. The van der Waals surface area contributed by atoms with Gasteiger partial charge in [0.2, 0.25) is 0 Å². The van der Waals surface area contributed by atoms with Crippen LogP contribution in [-0.2, 0) is 0 Å². The van der Waals surface area contributed by atoms with Crippen molar-refractivity contribution in [1.82, 2.24) is 5.43 Å². The van der Waals surface area contributed by atoms with E-state index in [9.17, 15) is 0 Å². The SMILES string of the molecule is C=C1/C=C\N/N=C\C=C/1Oc1ccc(N)cc1. The molecule has 1 aromatic rings. The molecule has 0 spiro atoms. The average Bonchev–Trinajstić information content (AvgIpc) is 2.31. The van der Waals surface area contributed by atoms with Crippen molar-refractivity contribution in [2.75, 3.05) is 5.73 Å². The number of nitrogen functional groups attached to an aromatic ring is 1. The molecule has 0 radical (unpaired) electrons. The number of rotatable bonds is 2. The highest BCUT2D eigenvalue weighted by molar-refractivity contribution is 5.73. The molecule has 0 aliphatic carbocycles. The van der Waals surface area contributed by atoms with Crippen LogP contribution in [0.15, 0.2) is 65.6 Å². The van der Waals surface area contributed by atoms with E-state index in [2.05, 4.69) is 17.1 Å². The van der Waals surface area contributed by atoms with Gasteiger partial charge in [-0.05, 0) is 30.3 Å². The normalized spacial score (nSPS) is 21.4. The topological polar surface area (TPSA) is 59.6 Å². The van der Waals surface area contributed by atoms with E-state index in [4.69, 9.17) is 10.5 Å². The molecule has 1 heterocycles. The van der Waals surface area contributed by atoms with Crippen molar-refractivity contribution in [3.63, 3.8) is 0 Å². The summed E-state index contributed by atoms with van der Waals surface area (Å²) in [6.45, 7) is 3.90. The Morgan fingerprint density at radius 3 is 2.76 bits per heavy atom. The van der Waals surface area contributed by atoms with Crippen molar-refractivity contribution < 1.29 is 4.74 Å². The number of nitrogens with two attached hydrogens (primary N) is 1. The molecule has 17 heavy (non-hydrogen) atoms. The molecule has 4 heteroatoms. The maximum atomic E-state index is 5.69. The monoisotopic (exact) mass is 227 g/mol. The molecule has 0 amide bonds. The highest BCUT2D eigenvalue weighted by Gasteiger charge is 2.03. The molecule has 0 aromatic heterocycles. The summed E-state index contributed by atoms with van der Waals surface area (Å²) in [5, 5.41) is 3.89. The smallest absolute Gasteiger partial charge is 0.135 e. The van der Waals surface area contributed by atoms with Crippen LogP contribution in [0.2, 0.25) is 0 Å². The van der Waals surface area contributed by atoms with Gasteiger partial charge in [-0.1, -0.05) is 6.58 Å². The summed E-state index contributed by atoms with van der Waals surface area (Å²) in [4.78, 5) is 0. The lowest BCUT2D eigenvalue weighted by Crippen LogP contribution is -2.02. The molecule has 0 bridgehead atoms. The molecule has 1 aliphatic heterocycles. The van der Waals surface area contributed by atoms with Crippen LogP contribution >= 0.6 is 0 Å². The predicted octanol–water partition coefficient (Wildman–Crippen LogP) is 2.19. The minimum atomic E-state index is 0.649. The maximum absolute atomic E-state index is 5.69. The molecule has 4 nitrogen and oxygen atoms in total. The number of hydrogen-bond donors (Lipinski definition) is 2. The molecule has 3 N–H and O–H groups in total. The summed E-state index contributed by atoms with van der Waals surface area (Å²) >= 11 is 0. The van der Waals surface area contributed by atoms with Gasteiger partial charge >= 0.3 is 0 Å². The minimum Gasteiger partial charge on any atom is -0.457 e. The van der Waals surface area contributed by atoms with Gasteiger partial charge in [0.05, 0.1) is 6.21 Å². The van der Waals surface area contributed by atoms with Crippen LogP contribution in [-0.4, -0.2) is 6.21 Å². The van der Waals surface area contributed by atoms with Gasteiger partial charge in [-0.25, -0.2) is 0 Å². The van der Waals surface area contributed by atoms with Crippen LogP contribution in [0, 0.1) is 0 Å². The first-order valence-electron chi connectivity index (χ1n) is 5.14. The van der Waals surface area contributed by atoms with Crippen molar-refractivity contribution >= 4 is 11.9 Å². The van der Waals surface area contributed by atoms with E-state index in [1.54, 1.807) is 48.8 Å². The quantitative estimate of drug-likeness (QED) is 0.761. The summed E-state index contributed by atoms with van der Waals surface area (Å²) in [6, 6.07) is 7.18. The van der Waals surface area contributed by atoms with Crippen molar-refractivity contribution in [1.29, 1.82) is 0 Å². The lowest BCUT2D eigenvalue weighted by molar-refractivity contribution is 0.440. The van der Waals surface area contributed by atoms with E-state index < -0.39 is 0 Å². The van der Waals surface area contributed by atoms with Crippen molar-refractivity contribution in [2.45, 2.75) is 0 Å². The molecule has 86 valence electrons. The zero-order valence-electron chi connectivity index (χ0n) is 9.26. The molecule has 0 saturated heterocycles. The number of anilines is 1. The van der Waals surface area contributed by atoms with Crippen LogP contribution < -0.4 is 15.9 Å². The lowest BCUT2D eigenvalue weighted by Gasteiger charge is -2.10. The fourth-order valence-electron chi connectivity index (χ4n) is 1.28. The van der Waals surface area contributed by atoms with Gasteiger partial charge in [0.1, 0.15) is 11.5 Å². The van der Waals surface area contributed by atoms with Crippen LogP contribution in [0.5, 0.6) is 5.75 Å². The number of benzene rings is 1. The van der Waals surface area contributed by atoms with Crippen LogP contribution in [0.4, 0.5) is 5.69 Å². The van der Waals surface area contributed by atoms with Crippen molar-refractivity contribution in [2.24, 2.45) is 5.10 Å². The van der Waals surface area contributed by atoms with Crippen molar-refractivity contribution in [3.8, 4) is 5.75 Å². The number of hydrogen-bond acceptors (Lipinski definition) is 4.